The molecule has 0 radical (unpaired) electrons. The van der Waals surface area contributed by atoms with Gasteiger partial charge in [-0.1, -0.05) is 6.08 Å². The van der Waals surface area contributed by atoms with Crippen LogP contribution in [-0.4, -0.2) is 81.0 Å². The fourth-order valence-corrected chi connectivity index (χ4v) is 1.18. The lowest BCUT2D eigenvalue weighted by molar-refractivity contribution is -0.156. The summed E-state index contributed by atoms with van der Waals surface area (Å²) in [6.07, 6.45) is -5.77. The first-order chi connectivity index (χ1) is 7.86. The second kappa shape index (κ2) is 7.36. The molecule has 0 bridgehead atoms. The molecule has 0 spiro atoms. The summed E-state index contributed by atoms with van der Waals surface area (Å²) in [5.74, 6) is -0.818. The molecule has 0 unspecified atom stereocenters. The highest BCUT2D eigenvalue weighted by Crippen LogP contribution is 2.07. The average molecular weight is 249 g/mol. The van der Waals surface area contributed by atoms with Crippen LogP contribution in [0.25, 0.3) is 0 Å². The molecule has 1 amide bonds. The third-order valence-corrected chi connectivity index (χ3v) is 2.29. The van der Waals surface area contributed by atoms with E-state index in [9.17, 15) is 20.1 Å². The Morgan fingerprint density at radius 1 is 1.29 bits per heavy atom. The molecule has 0 saturated carbocycles. The summed E-state index contributed by atoms with van der Waals surface area (Å²) in [4.78, 5) is 12.6. The van der Waals surface area contributed by atoms with Crippen LogP contribution in [0, 0.1) is 0 Å². The summed E-state index contributed by atoms with van der Waals surface area (Å²) < 4.78 is 0. The number of carbonyl (C=O) groups is 1. The maximum absolute atomic E-state index is 11.5. The summed E-state index contributed by atoms with van der Waals surface area (Å²) in [6.45, 7) is 2.78. The zero-order valence-electron chi connectivity index (χ0n) is 9.60. The van der Waals surface area contributed by atoms with Gasteiger partial charge in [0.15, 0.2) is 6.10 Å². The van der Waals surface area contributed by atoms with Crippen molar-refractivity contribution in [2.75, 3.05) is 20.2 Å². The first kappa shape index (κ1) is 16.0. The topological polar surface area (TPSA) is 121 Å². The van der Waals surface area contributed by atoms with Crippen LogP contribution in [0.3, 0.4) is 0 Å². The van der Waals surface area contributed by atoms with E-state index in [2.05, 4.69) is 6.58 Å². The maximum atomic E-state index is 11.5. The number of hydrogen-bond donors (Lipinski definition) is 5. The highest BCUT2D eigenvalue weighted by atomic mass is 16.4. The summed E-state index contributed by atoms with van der Waals surface area (Å²) in [6, 6.07) is 0. The van der Waals surface area contributed by atoms with Gasteiger partial charge in [0.1, 0.15) is 18.3 Å². The Balaban J connectivity index is 4.52. The van der Waals surface area contributed by atoms with Crippen LogP contribution in [0.15, 0.2) is 12.7 Å². The summed E-state index contributed by atoms with van der Waals surface area (Å²) in [7, 11) is 1.38. The van der Waals surface area contributed by atoms with Crippen molar-refractivity contribution in [1.29, 1.82) is 0 Å². The molecule has 7 heteroatoms. The van der Waals surface area contributed by atoms with Crippen LogP contribution in [0.4, 0.5) is 0 Å². The van der Waals surface area contributed by atoms with Gasteiger partial charge in [-0.05, 0) is 0 Å². The maximum Gasteiger partial charge on any atom is 0.254 e. The minimum absolute atomic E-state index is 0.168. The van der Waals surface area contributed by atoms with E-state index in [-0.39, 0.29) is 6.54 Å². The van der Waals surface area contributed by atoms with Gasteiger partial charge < -0.3 is 30.4 Å². The third-order valence-electron chi connectivity index (χ3n) is 2.29. The minimum Gasteiger partial charge on any atom is -0.394 e. The van der Waals surface area contributed by atoms with Crippen LogP contribution >= 0.6 is 0 Å². The standard InChI is InChI=1S/C10H19NO6/c1-3-4-11(2)10(17)9(16)8(15)7(14)6(13)5-12/h3,6-9,12-16H,1,4-5H2,2H3/t6-,7-,8+,9-/m1/s1. The zero-order chi connectivity index (χ0) is 13.6. The number of hydrogen-bond acceptors (Lipinski definition) is 6. The van der Waals surface area contributed by atoms with Crippen molar-refractivity contribution in [3.8, 4) is 0 Å². The van der Waals surface area contributed by atoms with Gasteiger partial charge in [0.05, 0.1) is 6.61 Å². The van der Waals surface area contributed by atoms with Crippen LogP contribution < -0.4 is 0 Å². The fraction of sp³-hybridized carbons (Fsp3) is 0.700. The van der Waals surface area contributed by atoms with E-state index in [4.69, 9.17) is 10.2 Å². The van der Waals surface area contributed by atoms with Crippen LogP contribution in [0.1, 0.15) is 0 Å². The largest absolute Gasteiger partial charge is 0.394 e. The Morgan fingerprint density at radius 2 is 1.82 bits per heavy atom. The van der Waals surface area contributed by atoms with E-state index in [0.29, 0.717) is 0 Å². The fourth-order valence-electron chi connectivity index (χ4n) is 1.18. The SMILES string of the molecule is C=CCN(C)C(=O)[C@H](O)[C@@H](O)[C@H](O)[C@H](O)CO. The van der Waals surface area contributed by atoms with E-state index >= 15 is 0 Å². The zero-order valence-corrected chi connectivity index (χ0v) is 9.60. The third kappa shape index (κ3) is 4.41. The summed E-state index contributed by atoms with van der Waals surface area (Å²) in [5, 5.41) is 45.8. The van der Waals surface area contributed by atoms with Gasteiger partial charge in [-0.25, -0.2) is 0 Å². The molecule has 0 aromatic heterocycles. The number of aliphatic hydroxyl groups excluding tert-OH is 5. The summed E-state index contributed by atoms with van der Waals surface area (Å²) >= 11 is 0. The quantitative estimate of drug-likeness (QED) is 0.308. The predicted molar refractivity (Wildman–Crippen MR) is 58.9 cm³/mol. The lowest BCUT2D eigenvalue weighted by Gasteiger charge is -2.27. The smallest absolute Gasteiger partial charge is 0.254 e. The average Bonchev–Trinajstić information content (AvgIpc) is 2.34. The van der Waals surface area contributed by atoms with Gasteiger partial charge in [0, 0.05) is 13.6 Å². The van der Waals surface area contributed by atoms with Crippen molar-refractivity contribution >= 4 is 5.91 Å². The van der Waals surface area contributed by atoms with Crippen LogP contribution in [0.2, 0.25) is 0 Å². The van der Waals surface area contributed by atoms with Gasteiger partial charge in [-0.3, -0.25) is 4.79 Å². The Morgan fingerprint density at radius 3 is 2.24 bits per heavy atom. The molecule has 5 N–H and O–H groups in total. The van der Waals surface area contributed by atoms with Gasteiger partial charge in [0.25, 0.3) is 5.91 Å². The van der Waals surface area contributed by atoms with Crippen LogP contribution in [-0.2, 0) is 4.79 Å². The minimum atomic E-state index is -1.88. The molecule has 4 atom stereocenters. The van der Waals surface area contributed by atoms with E-state index in [1.54, 1.807) is 0 Å². The van der Waals surface area contributed by atoms with Crippen molar-refractivity contribution in [1.82, 2.24) is 4.90 Å². The second-order valence-electron chi connectivity index (χ2n) is 3.68. The number of carbonyl (C=O) groups excluding carboxylic acids is 1. The van der Waals surface area contributed by atoms with E-state index in [1.165, 1.54) is 13.1 Å². The first-order valence-corrected chi connectivity index (χ1v) is 5.05. The number of aliphatic hydroxyl groups is 5. The number of amides is 1. The van der Waals surface area contributed by atoms with Crippen LogP contribution in [0.5, 0.6) is 0 Å². The molecule has 100 valence electrons. The highest BCUT2D eigenvalue weighted by molar-refractivity contribution is 5.81. The number of likely N-dealkylation sites (N-methyl/N-ethyl adjacent to an activating group) is 1. The molecule has 0 aliphatic rings. The predicted octanol–water partition coefficient (Wildman–Crippen LogP) is -2.93. The first-order valence-electron chi connectivity index (χ1n) is 5.05. The Hall–Kier alpha value is -0.990. The van der Waals surface area contributed by atoms with Crippen molar-refractivity contribution in [2.45, 2.75) is 24.4 Å². The molecule has 0 heterocycles. The molecule has 0 rings (SSSR count). The normalized spacial score (nSPS) is 18.0. The highest BCUT2D eigenvalue weighted by Gasteiger charge is 2.35. The Bertz CT molecular complexity index is 259. The molecule has 0 aliphatic carbocycles. The van der Waals surface area contributed by atoms with Gasteiger partial charge in [0.2, 0.25) is 0 Å². The molecular formula is C10H19NO6. The van der Waals surface area contributed by atoms with E-state index in [0.717, 1.165) is 4.90 Å². The van der Waals surface area contributed by atoms with Crippen molar-refractivity contribution < 1.29 is 30.3 Å². The van der Waals surface area contributed by atoms with Gasteiger partial charge >= 0.3 is 0 Å². The number of rotatable bonds is 7. The molecular weight excluding hydrogens is 230 g/mol. The lowest BCUT2D eigenvalue weighted by atomic mass is 10.0. The van der Waals surface area contributed by atoms with Crippen molar-refractivity contribution in [2.24, 2.45) is 0 Å². The Kier molecular flexibility index (Phi) is 6.93. The molecule has 0 aromatic rings. The molecule has 17 heavy (non-hydrogen) atoms. The lowest BCUT2D eigenvalue weighted by Crippen LogP contribution is -2.51. The van der Waals surface area contributed by atoms with E-state index in [1.807, 2.05) is 0 Å². The van der Waals surface area contributed by atoms with Crippen molar-refractivity contribution in [3.05, 3.63) is 12.7 Å². The second-order valence-corrected chi connectivity index (χ2v) is 3.68. The van der Waals surface area contributed by atoms with Crippen molar-refractivity contribution in [3.63, 3.8) is 0 Å². The van der Waals surface area contributed by atoms with Gasteiger partial charge in [-0.15, -0.1) is 6.58 Å². The monoisotopic (exact) mass is 249 g/mol. The molecule has 7 nitrogen and oxygen atoms in total. The molecule has 0 saturated heterocycles. The summed E-state index contributed by atoms with van der Waals surface area (Å²) in [5.41, 5.74) is 0. The van der Waals surface area contributed by atoms with E-state index < -0.39 is 36.9 Å². The van der Waals surface area contributed by atoms with Gasteiger partial charge in [-0.2, -0.15) is 0 Å². The molecule has 0 fully saturated rings. The molecule has 0 aromatic carbocycles. The number of nitrogens with zero attached hydrogens (tertiary/aromatic N) is 1. The molecule has 0 aliphatic heterocycles. The Labute approximate surface area is 99.2 Å².